The fourth-order valence-corrected chi connectivity index (χ4v) is 1.08. The van der Waals surface area contributed by atoms with Crippen molar-refractivity contribution in [1.29, 1.82) is 0 Å². The molecule has 1 unspecified atom stereocenters. The number of hydrogen-bond donors (Lipinski definition) is 0. The summed E-state index contributed by atoms with van der Waals surface area (Å²) >= 11 is 0. The highest BCUT2D eigenvalue weighted by atomic mass is 16.5. The molecule has 0 amide bonds. The molecule has 0 spiro atoms. The van der Waals surface area contributed by atoms with E-state index in [4.69, 9.17) is 4.74 Å². The lowest BCUT2D eigenvalue weighted by molar-refractivity contribution is -0.115. The molecule has 9 heavy (non-hydrogen) atoms. The maximum atomic E-state index is 10.2. The predicted molar refractivity (Wildman–Crippen MR) is 34.2 cm³/mol. The molecular formula is C7H12O2. The van der Waals surface area contributed by atoms with Crippen LogP contribution >= 0.6 is 0 Å². The molecule has 2 heteroatoms. The molecule has 1 atom stereocenters. The molecule has 0 aromatic rings. The first-order chi connectivity index (χ1) is 4.14. The fraction of sp³-hybridized carbons (Fsp3) is 0.857. The Bertz CT molecular complexity index is 118. The number of hydrogen-bond acceptors (Lipinski definition) is 2. The van der Waals surface area contributed by atoms with E-state index < -0.39 is 0 Å². The molecule has 1 aliphatic heterocycles. The maximum absolute atomic E-state index is 10.2. The van der Waals surface area contributed by atoms with Gasteiger partial charge >= 0.3 is 0 Å². The van der Waals surface area contributed by atoms with E-state index in [1.165, 1.54) is 0 Å². The van der Waals surface area contributed by atoms with Gasteiger partial charge in [0.25, 0.3) is 0 Å². The average molecular weight is 128 g/mol. The molecule has 1 fully saturated rings. The van der Waals surface area contributed by atoms with Crippen LogP contribution in [0.5, 0.6) is 0 Å². The molecule has 52 valence electrons. The van der Waals surface area contributed by atoms with Crippen molar-refractivity contribution >= 4 is 6.29 Å². The Morgan fingerprint density at radius 3 is 2.56 bits per heavy atom. The molecule has 1 aliphatic rings. The van der Waals surface area contributed by atoms with Crippen LogP contribution in [0, 0.1) is 5.41 Å². The summed E-state index contributed by atoms with van der Waals surface area (Å²) in [6.45, 7) is 4.93. The number of ether oxygens (including phenoxy) is 1. The zero-order chi connectivity index (χ0) is 6.91. The van der Waals surface area contributed by atoms with Gasteiger partial charge in [0, 0.05) is 0 Å². The van der Waals surface area contributed by atoms with Crippen molar-refractivity contribution < 1.29 is 9.53 Å². The second-order valence-corrected chi connectivity index (χ2v) is 3.35. The quantitative estimate of drug-likeness (QED) is 0.492. The van der Waals surface area contributed by atoms with E-state index in [0.29, 0.717) is 0 Å². The van der Waals surface area contributed by atoms with Crippen LogP contribution in [-0.4, -0.2) is 19.0 Å². The second-order valence-electron chi connectivity index (χ2n) is 3.35. The Morgan fingerprint density at radius 1 is 1.67 bits per heavy atom. The van der Waals surface area contributed by atoms with Gasteiger partial charge in [-0.1, -0.05) is 13.8 Å². The van der Waals surface area contributed by atoms with E-state index in [0.717, 1.165) is 19.3 Å². The van der Waals surface area contributed by atoms with Gasteiger partial charge in [0.2, 0.25) is 0 Å². The van der Waals surface area contributed by atoms with Crippen molar-refractivity contribution in [2.24, 2.45) is 5.41 Å². The fourth-order valence-electron chi connectivity index (χ4n) is 1.08. The molecule has 0 N–H and O–H groups in total. The van der Waals surface area contributed by atoms with Crippen molar-refractivity contribution in [2.75, 3.05) is 6.61 Å². The van der Waals surface area contributed by atoms with Gasteiger partial charge < -0.3 is 9.53 Å². The Kier molecular flexibility index (Phi) is 1.58. The minimum Gasteiger partial charge on any atom is -0.370 e. The Labute approximate surface area is 55.2 Å². The molecule has 1 saturated heterocycles. The summed E-state index contributed by atoms with van der Waals surface area (Å²) in [5.41, 5.74) is 0.214. The summed E-state index contributed by atoms with van der Waals surface area (Å²) in [5.74, 6) is 0. The van der Waals surface area contributed by atoms with Gasteiger partial charge in [-0.25, -0.2) is 0 Å². The number of carbonyl (C=O) groups is 1. The SMILES string of the molecule is CC1(C)COC(C=O)C1. The number of aldehydes is 1. The summed E-state index contributed by atoms with van der Waals surface area (Å²) < 4.78 is 5.15. The van der Waals surface area contributed by atoms with E-state index in [1.54, 1.807) is 0 Å². The molecule has 2 nitrogen and oxygen atoms in total. The van der Waals surface area contributed by atoms with Crippen LogP contribution in [0.15, 0.2) is 0 Å². The molecule has 1 heterocycles. The summed E-state index contributed by atoms with van der Waals surface area (Å²) in [6.07, 6.45) is 1.62. The molecule has 0 aromatic carbocycles. The van der Waals surface area contributed by atoms with Crippen LogP contribution in [0.3, 0.4) is 0 Å². The van der Waals surface area contributed by atoms with Gasteiger partial charge in [-0.3, -0.25) is 0 Å². The zero-order valence-electron chi connectivity index (χ0n) is 5.89. The van der Waals surface area contributed by atoms with Gasteiger partial charge in [0.05, 0.1) is 6.61 Å². The Balaban J connectivity index is 2.47. The van der Waals surface area contributed by atoms with Crippen LogP contribution in [0.1, 0.15) is 20.3 Å². The maximum Gasteiger partial charge on any atom is 0.148 e. The standard InChI is InChI=1S/C7H12O2/c1-7(2)3-6(4-8)9-5-7/h4,6H,3,5H2,1-2H3. The van der Waals surface area contributed by atoms with Crippen LogP contribution < -0.4 is 0 Å². The van der Waals surface area contributed by atoms with Gasteiger partial charge in [0.1, 0.15) is 12.4 Å². The van der Waals surface area contributed by atoms with E-state index in [1.807, 2.05) is 0 Å². The highest BCUT2D eigenvalue weighted by Crippen LogP contribution is 2.29. The summed E-state index contributed by atoms with van der Waals surface area (Å²) in [7, 11) is 0. The lowest BCUT2D eigenvalue weighted by Crippen LogP contribution is -2.10. The van der Waals surface area contributed by atoms with Crippen LogP contribution in [0.25, 0.3) is 0 Å². The molecule has 1 rings (SSSR count). The van der Waals surface area contributed by atoms with Crippen molar-refractivity contribution in [3.8, 4) is 0 Å². The number of rotatable bonds is 1. The lowest BCUT2D eigenvalue weighted by Gasteiger charge is -2.11. The smallest absolute Gasteiger partial charge is 0.148 e. The first-order valence-electron chi connectivity index (χ1n) is 3.21. The van der Waals surface area contributed by atoms with Crippen molar-refractivity contribution in [3.63, 3.8) is 0 Å². The molecule has 0 radical (unpaired) electrons. The first-order valence-corrected chi connectivity index (χ1v) is 3.21. The summed E-state index contributed by atoms with van der Waals surface area (Å²) in [4.78, 5) is 10.2. The normalized spacial score (nSPS) is 32.4. The Morgan fingerprint density at radius 2 is 2.33 bits per heavy atom. The highest BCUT2D eigenvalue weighted by molar-refractivity contribution is 5.56. The van der Waals surface area contributed by atoms with E-state index in [-0.39, 0.29) is 11.5 Å². The molecular weight excluding hydrogens is 116 g/mol. The number of carbonyl (C=O) groups excluding carboxylic acids is 1. The van der Waals surface area contributed by atoms with E-state index in [9.17, 15) is 4.79 Å². The van der Waals surface area contributed by atoms with Gasteiger partial charge in [-0.05, 0) is 11.8 Å². The monoisotopic (exact) mass is 128 g/mol. The van der Waals surface area contributed by atoms with Crippen LogP contribution in [-0.2, 0) is 9.53 Å². The van der Waals surface area contributed by atoms with Gasteiger partial charge in [-0.15, -0.1) is 0 Å². The third-order valence-corrected chi connectivity index (χ3v) is 1.59. The molecule has 0 aliphatic carbocycles. The zero-order valence-corrected chi connectivity index (χ0v) is 5.89. The summed E-state index contributed by atoms with van der Waals surface area (Å²) in [5, 5.41) is 0. The average Bonchev–Trinajstić information content (AvgIpc) is 2.10. The third-order valence-electron chi connectivity index (χ3n) is 1.59. The van der Waals surface area contributed by atoms with Gasteiger partial charge in [0.15, 0.2) is 0 Å². The molecule has 0 aromatic heterocycles. The second kappa shape index (κ2) is 2.10. The van der Waals surface area contributed by atoms with Crippen LogP contribution in [0.2, 0.25) is 0 Å². The van der Waals surface area contributed by atoms with E-state index in [2.05, 4.69) is 13.8 Å². The van der Waals surface area contributed by atoms with E-state index >= 15 is 0 Å². The highest BCUT2D eigenvalue weighted by Gasteiger charge is 2.31. The van der Waals surface area contributed by atoms with Crippen molar-refractivity contribution in [1.82, 2.24) is 0 Å². The lowest BCUT2D eigenvalue weighted by atomic mass is 9.91. The van der Waals surface area contributed by atoms with Gasteiger partial charge in [-0.2, -0.15) is 0 Å². The minimum absolute atomic E-state index is 0.139. The summed E-state index contributed by atoms with van der Waals surface area (Å²) in [6, 6.07) is 0. The molecule has 0 saturated carbocycles. The largest absolute Gasteiger partial charge is 0.370 e. The molecule has 0 bridgehead atoms. The van der Waals surface area contributed by atoms with Crippen molar-refractivity contribution in [2.45, 2.75) is 26.4 Å². The topological polar surface area (TPSA) is 26.3 Å². The first kappa shape index (κ1) is 6.75. The van der Waals surface area contributed by atoms with Crippen LogP contribution in [0.4, 0.5) is 0 Å². The Hall–Kier alpha value is -0.370. The predicted octanol–water partition coefficient (Wildman–Crippen LogP) is 1.00. The third kappa shape index (κ3) is 1.52. The minimum atomic E-state index is -0.139. The van der Waals surface area contributed by atoms with Crippen molar-refractivity contribution in [3.05, 3.63) is 0 Å².